The molecule has 5 nitrogen and oxygen atoms in total. The van der Waals surface area contributed by atoms with Crippen molar-refractivity contribution in [2.45, 2.75) is 13.0 Å². The molecule has 18 heavy (non-hydrogen) atoms. The van der Waals surface area contributed by atoms with E-state index in [1.165, 1.54) is 19.6 Å². The average Bonchev–Trinajstić information content (AvgIpc) is 2.88. The lowest BCUT2D eigenvalue weighted by molar-refractivity contribution is 0.386. The Kier molecular flexibility index (Phi) is 4.25. The van der Waals surface area contributed by atoms with Gasteiger partial charge in [-0.15, -0.1) is 0 Å². The summed E-state index contributed by atoms with van der Waals surface area (Å²) in [6.07, 6.45) is 1.98. The Morgan fingerprint density at radius 2 is 2.33 bits per heavy atom. The van der Waals surface area contributed by atoms with Crippen molar-refractivity contribution in [3.63, 3.8) is 0 Å². The molecule has 1 N–H and O–H groups in total. The maximum atomic E-state index is 13.4. The van der Waals surface area contributed by atoms with Crippen LogP contribution in [0.1, 0.15) is 11.4 Å². The van der Waals surface area contributed by atoms with Gasteiger partial charge in [0.2, 0.25) is 6.39 Å². The maximum Gasteiger partial charge on any atom is 0.213 e. The van der Waals surface area contributed by atoms with E-state index in [0.717, 1.165) is 5.56 Å². The number of aromatic nitrogens is 2. The van der Waals surface area contributed by atoms with Crippen molar-refractivity contribution in [2.24, 2.45) is 0 Å². The fourth-order valence-corrected chi connectivity index (χ4v) is 1.56. The number of methoxy groups -OCH3 is 1. The smallest absolute Gasteiger partial charge is 0.213 e. The van der Waals surface area contributed by atoms with E-state index in [-0.39, 0.29) is 11.6 Å². The van der Waals surface area contributed by atoms with Crippen LogP contribution in [0.5, 0.6) is 5.75 Å². The summed E-state index contributed by atoms with van der Waals surface area (Å²) in [7, 11) is 1.45. The minimum Gasteiger partial charge on any atom is -0.494 e. The van der Waals surface area contributed by atoms with Gasteiger partial charge in [0.1, 0.15) is 0 Å². The van der Waals surface area contributed by atoms with Gasteiger partial charge in [-0.3, -0.25) is 0 Å². The van der Waals surface area contributed by atoms with Crippen LogP contribution in [0, 0.1) is 5.82 Å². The summed E-state index contributed by atoms with van der Waals surface area (Å²) < 4.78 is 22.9. The van der Waals surface area contributed by atoms with E-state index in [9.17, 15) is 4.39 Å². The van der Waals surface area contributed by atoms with E-state index in [2.05, 4.69) is 20.0 Å². The third-order valence-corrected chi connectivity index (χ3v) is 2.48. The second kappa shape index (κ2) is 6.11. The topological polar surface area (TPSA) is 60.2 Å². The Morgan fingerprint density at radius 1 is 1.44 bits per heavy atom. The monoisotopic (exact) mass is 251 g/mol. The first-order chi connectivity index (χ1) is 8.79. The SMILES string of the molecule is COc1ccc(CNCCc2ncon2)cc1F. The highest BCUT2D eigenvalue weighted by molar-refractivity contribution is 5.29. The van der Waals surface area contributed by atoms with Crippen LogP contribution in [0.3, 0.4) is 0 Å². The van der Waals surface area contributed by atoms with Gasteiger partial charge in [-0.05, 0) is 17.7 Å². The lowest BCUT2D eigenvalue weighted by Gasteiger charge is -2.06. The Labute approximate surface area is 104 Å². The van der Waals surface area contributed by atoms with Crippen LogP contribution in [0.15, 0.2) is 29.1 Å². The Balaban J connectivity index is 1.78. The summed E-state index contributed by atoms with van der Waals surface area (Å²) in [5, 5.41) is 6.87. The molecule has 0 amide bonds. The van der Waals surface area contributed by atoms with Crippen molar-refractivity contribution in [1.82, 2.24) is 15.5 Å². The van der Waals surface area contributed by atoms with Crippen LogP contribution < -0.4 is 10.1 Å². The quantitative estimate of drug-likeness (QED) is 0.789. The highest BCUT2D eigenvalue weighted by Gasteiger charge is 2.03. The standard InChI is InChI=1S/C12H14FN3O2/c1-17-11-3-2-9(6-10(11)13)7-14-5-4-12-15-8-18-16-12/h2-3,6,8,14H,4-5,7H2,1H3. The van der Waals surface area contributed by atoms with Gasteiger partial charge in [-0.25, -0.2) is 4.39 Å². The number of halogens is 1. The van der Waals surface area contributed by atoms with Gasteiger partial charge in [0.05, 0.1) is 7.11 Å². The van der Waals surface area contributed by atoms with Gasteiger partial charge in [0.15, 0.2) is 17.4 Å². The molecule has 0 saturated carbocycles. The Hall–Kier alpha value is -1.95. The molecule has 0 atom stereocenters. The number of nitrogens with one attached hydrogen (secondary N) is 1. The number of nitrogens with zero attached hydrogens (tertiary/aromatic N) is 2. The lowest BCUT2D eigenvalue weighted by atomic mass is 10.2. The molecule has 0 aliphatic carbocycles. The molecular formula is C12H14FN3O2. The maximum absolute atomic E-state index is 13.4. The summed E-state index contributed by atoms with van der Waals surface area (Å²) >= 11 is 0. The molecule has 2 aromatic rings. The van der Waals surface area contributed by atoms with Gasteiger partial charge in [-0.2, -0.15) is 4.98 Å². The first kappa shape index (κ1) is 12.5. The average molecular weight is 251 g/mol. The van der Waals surface area contributed by atoms with Crippen LogP contribution in [0.2, 0.25) is 0 Å². The van der Waals surface area contributed by atoms with Gasteiger partial charge in [0, 0.05) is 19.5 Å². The van der Waals surface area contributed by atoms with Crippen molar-refractivity contribution in [3.8, 4) is 5.75 Å². The fourth-order valence-electron chi connectivity index (χ4n) is 1.56. The zero-order valence-corrected chi connectivity index (χ0v) is 10.0. The highest BCUT2D eigenvalue weighted by atomic mass is 19.1. The van der Waals surface area contributed by atoms with Crippen LogP contribution >= 0.6 is 0 Å². The van der Waals surface area contributed by atoms with Crippen molar-refractivity contribution in [2.75, 3.05) is 13.7 Å². The molecule has 0 unspecified atom stereocenters. The first-order valence-electron chi connectivity index (χ1n) is 5.58. The summed E-state index contributed by atoms with van der Waals surface area (Å²) in [5.41, 5.74) is 0.862. The number of ether oxygens (including phenoxy) is 1. The number of hydrogen-bond donors (Lipinski definition) is 1. The number of hydrogen-bond acceptors (Lipinski definition) is 5. The van der Waals surface area contributed by atoms with Crippen molar-refractivity contribution in [1.29, 1.82) is 0 Å². The van der Waals surface area contributed by atoms with Gasteiger partial charge >= 0.3 is 0 Å². The van der Waals surface area contributed by atoms with Gasteiger partial charge in [0.25, 0.3) is 0 Å². The molecule has 0 aliphatic heterocycles. The molecule has 1 aromatic carbocycles. The van der Waals surface area contributed by atoms with Crippen LogP contribution in [-0.4, -0.2) is 23.8 Å². The third kappa shape index (κ3) is 3.27. The molecule has 0 fully saturated rings. The molecule has 0 aliphatic rings. The first-order valence-corrected chi connectivity index (χ1v) is 5.58. The van der Waals surface area contributed by atoms with Crippen LogP contribution in [-0.2, 0) is 13.0 Å². The van der Waals surface area contributed by atoms with Crippen molar-refractivity contribution >= 4 is 0 Å². The molecule has 2 rings (SSSR count). The molecule has 0 bridgehead atoms. The summed E-state index contributed by atoms with van der Waals surface area (Å²) in [4.78, 5) is 3.90. The molecule has 1 heterocycles. The van der Waals surface area contributed by atoms with Crippen molar-refractivity contribution in [3.05, 3.63) is 41.8 Å². The van der Waals surface area contributed by atoms with E-state index < -0.39 is 0 Å². The molecule has 96 valence electrons. The normalized spacial score (nSPS) is 10.6. The predicted molar refractivity (Wildman–Crippen MR) is 62.7 cm³/mol. The van der Waals surface area contributed by atoms with Crippen LogP contribution in [0.4, 0.5) is 4.39 Å². The van der Waals surface area contributed by atoms with E-state index in [1.807, 2.05) is 6.07 Å². The molecule has 0 saturated heterocycles. The van der Waals surface area contributed by atoms with E-state index >= 15 is 0 Å². The number of benzene rings is 1. The molecule has 0 spiro atoms. The molecule has 0 radical (unpaired) electrons. The van der Waals surface area contributed by atoms with Gasteiger partial charge in [-0.1, -0.05) is 11.2 Å². The molecular weight excluding hydrogens is 237 g/mol. The summed E-state index contributed by atoms with van der Waals surface area (Å²) in [6, 6.07) is 4.90. The zero-order chi connectivity index (χ0) is 12.8. The molecule has 1 aromatic heterocycles. The van der Waals surface area contributed by atoms with E-state index in [1.54, 1.807) is 6.07 Å². The minimum absolute atomic E-state index is 0.255. The van der Waals surface area contributed by atoms with E-state index in [4.69, 9.17) is 4.74 Å². The predicted octanol–water partition coefficient (Wildman–Crippen LogP) is 1.55. The Bertz CT molecular complexity index is 488. The minimum atomic E-state index is -0.352. The second-order valence-corrected chi connectivity index (χ2v) is 3.74. The second-order valence-electron chi connectivity index (χ2n) is 3.74. The fraction of sp³-hybridized carbons (Fsp3) is 0.333. The number of rotatable bonds is 6. The largest absolute Gasteiger partial charge is 0.494 e. The highest BCUT2D eigenvalue weighted by Crippen LogP contribution is 2.17. The third-order valence-electron chi connectivity index (χ3n) is 2.48. The van der Waals surface area contributed by atoms with Crippen molar-refractivity contribution < 1.29 is 13.7 Å². The summed E-state index contributed by atoms with van der Waals surface area (Å²) in [5.74, 6) is 0.559. The van der Waals surface area contributed by atoms with E-state index in [0.29, 0.717) is 25.3 Å². The molecule has 6 heteroatoms. The zero-order valence-electron chi connectivity index (χ0n) is 10.0. The lowest BCUT2D eigenvalue weighted by Crippen LogP contribution is -2.17. The Morgan fingerprint density at radius 3 is 3.00 bits per heavy atom. The van der Waals surface area contributed by atoms with Gasteiger partial charge < -0.3 is 14.6 Å². The summed E-state index contributed by atoms with van der Waals surface area (Å²) in [6.45, 7) is 1.28. The van der Waals surface area contributed by atoms with Crippen LogP contribution in [0.25, 0.3) is 0 Å².